The zero-order valence-corrected chi connectivity index (χ0v) is 23.1. The largest absolute Gasteiger partial charge is 0.508 e. The highest BCUT2D eigenvalue weighted by molar-refractivity contribution is 6.43. The highest BCUT2D eigenvalue weighted by atomic mass is 35.5. The lowest BCUT2D eigenvalue weighted by molar-refractivity contribution is -0.140. The number of allylic oxidation sites excluding steroid dienone is 2. The summed E-state index contributed by atoms with van der Waals surface area (Å²) >= 11 is 6.42. The van der Waals surface area contributed by atoms with Gasteiger partial charge >= 0.3 is 7.12 Å². The van der Waals surface area contributed by atoms with Gasteiger partial charge in [0.2, 0.25) is 11.8 Å². The summed E-state index contributed by atoms with van der Waals surface area (Å²) in [6.45, 7) is 4.49. The molecule has 0 radical (unpaired) electrons. The van der Waals surface area contributed by atoms with Crippen LogP contribution in [0.15, 0.2) is 53.7 Å². The molecule has 5 rings (SSSR count). The summed E-state index contributed by atoms with van der Waals surface area (Å²) in [6, 6.07) is 10.6. The van der Waals surface area contributed by atoms with Gasteiger partial charge in [-0.25, -0.2) is 0 Å². The Bertz CT molecular complexity index is 1310. The van der Waals surface area contributed by atoms with Crippen LogP contribution in [0.2, 0.25) is 11.3 Å². The Morgan fingerprint density at radius 3 is 2.72 bits per heavy atom. The number of hydrogen-bond acceptors (Lipinski definition) is 6. The molecule has 3 heterocycles. The SMILES string of the molecule is CCCN1C(=O)[C@@H]2[C@@H](CC(CC)=C3[C@@H](CC/C(=C/c4ccc(O)cc4Cl)c4ccccn4)OB(O)C[C@@H]32)C1=O. The summed E-state index contributed by atoms with van der Waals surface area (Å²) in [5.74, 6) is -1.07. The molecular weight excluding hydrogens is 515 g/mol. The number of benzene rings is 1. The van der Waals surface area contributed by atoms with Gasteiger partial charge in [0.05, 0.1) is 28.7 Å². The van der Waals surface area contributed by atoms with Crippen LogP contribution in [0, 0.1) is 17.8 Å². The Labute approximate surface area is 234 Å². The molecule has 3 aliphatic rings. The van der Waals surface area contributed by atoms with Crippen LogP contribution in [-0.4, -0.2) is 51.6 Å². The average molecular weight is 549 g/mol. The number of aromatic hydroxyl groups is 1. The number of halogens is 1. The average Bonchev–Trinajstić information content (AvgIpc) is 3.16. The fourth-order valence-electron chi connectivity index (χ4n) is 6.55. The first-order valence-corrected chi connectivity index (χ1v) is 14.2. The van der Waals surface area contributed by atoms with Gasteiger partial charge in [0.15, 0.2) is 0 Å². The van der Waals surface area contributed by atoms with Gasteiger partial charge in [-0.1, -0.05) is 37.1 Å². The summed E-state index contributed by atoms with van der Waals surface area (Å²) in [5.41, 5.74) is 4.76. The first kappa shape index (κ1) is 27.6. The predicted molar refractivity (Wildman–Crippen MR) is 152 cm³/mol. The second-order valence-corrected chi connectivity index (χ2v) is 11.0. The lowest BCUT2D eigenvalue weighted by atomic mass is 9.58. The van der Waals surface area contributed by atoms with Crippen molar-refractivity contribution in [3.05, 3.63) is 70.0 Å². The molecule has 2 amide bonds. The molecule has 0 unspecified atom stereocenters. The van der Waals surface area contributed by atoms with E-state index in [0.29, 0.717) is 37.2 Å². The number of aromatic nitrogens is 1. The summed E-state index contributed by atoms with van der Waals surface area (Å²) < 4.78 is 6.13. The third-order valence-corrected chi connectivity index (χ3v) is 8.58. The van der Waals surface area contributed by atoms with Crippen LogP contribution in [0.1, 0.15) is 57.2 Å². The van der Waals surface area contributed by atoms with E-state index in [1.165, 1.54) is 16.5 Å². The molecule has 4 atom stereocenters. The molecule has 204 valence electrons. The van der Waals surface area contributed by atoms with Crippen LogP contribution in [0.4, 0.5) is 0 Å². The van der Waals surface area contributed by atoms with Crippen LogP contribution in [-0.2, 0) is 14.2 Å². The molecule has 1 aliphatic carbocycles. The van der Waals surface area contributed by atoms with E-state index >= 15 is 0 Å². The molecule has 2 N–H and O–H groups in total. The molecule has 7 nitrogen and oxygen atoms in total. The maximum atomic E-state index is 13.4. The first-order chi connectivity index (χ1) is 18.8. The van der Waals surface area contributed by atoms with Crippen molar-refractivity contribution in [2.24, 2.45) is 17.8 Å². The van der Waals surface area contributed by atoms with E-state index in [1.807, 2.05) is 31.2 Å². The molecule has 0 saturated carbocycles. The van der Waals surface area contributed by atoms with Crippen LogP contribution in [0.25, 0.3) is 11.6 Å². The number of carbonyl (C=O) groups excluding carboxylic acids is 2. The number of hydrogen-bond donors (Lipinski definition) is 2. The molecule has 2 aromatic rings. The molecule has 0 spiro atoms. The van der Waals surface area contributed by atoms with E-state index in [9.17, 15) is 19.7 Å². The van der Waals surface area contributed by atoms with Crippen molar-refractivity contribution >= 4 is 42.2 Å². The highest BCUT2D eigenvalue weighted by Crippen LogP contribution is 2.51. The van der Waals surface area contributed by atoms with Crippen molar-refractivity contribution in [3.8, 4) is 5.75 Å². The summed E-state index contributed by atoms with van der Waals surface area (Å²) in [7, 11) is -1.00. The number of pyridine rings is 1. The Morgan fingerprint density at radius 2 is 2.03 bits per heavy atom. The van der Waals surface area contributed by atoms with E-state index in [4.69, 9.17) is 16.3 Å². The molecule has 2 aliphatic heterocycles. The normalized spacial score (nSPS) is 25.3. The van der Waals surface area contributed by atoms with Crippen LogP contribution < -0.4 is 0 Å². The molecule has 9 heteroatoms. The Hall–Kier alpha value is -2.94. The van der Waals surface area contributed by atoms with E-state index < -0.39 is 13.0 Å². The van der Waals surface area contributed by atoms with Gasteiger partial charge in [0, 0.05) is 12.7 Å². The molecular formula is C30H34BClN2O5. The van der Waals surface area contributed by atoms with Gasteiger partial charge in [-0.2, -0.15) is 0 Å². The lowest BCUT2D eigenvalue weighted by Crippen LogP contribution is -2.46. The second kappa shape index (κ2) is 11.7. The lowest BCUT2D eigenvalue weighted by Gasteiger charge is -2.43. The number of nitrogens with zero attached hydrogens (tertiary/aromatic N) is 2. The van der Waals surface area contributed by atoms with E-state index in [2.05, 4.69) is 11.9 Å². The fourth-order valence-corrected chi connectivity index (χ4v) is 6.78. The van der Waals surface area contributed by atoms with Crippen molar-refractivity contribution in [1.29, 1.82) is 0 Å². The third kappa shape index (κ3) is 5.42. The van der Waals surface area contributed by atoms with Gasteiger partial charge in [0.25, 0.3) is 0 Å². The summed E-state index contributed by atoms with van der Waals surface area (Å²) in [5, 5.41) is 21.0. The number of rotatable bonds is 8. The number of imide groups is 1. The topological polar surface area (TPSA) is 100.0 Å². The van der Waals surface area contributed by atoms with Crippen molar-refractivity contribution in [3.63, 3.8) is 0 Å². The van der Waals surface area contributed by atoms with Gasteiger partial charge in [-0.3, -0.25) is 19.5 Å². The quantitative estimate of drug-likeness (QED) is 0.261. The van der Waals surface area contributed by atoms with Crippen LogP contribution >= 0.6 is 11.6 Å². The van der Waals surface area contributed by atoms with Crippen LogP contribution in [0.3, 0.4) is 0 Å². The third-order valence-electron chi connectivity index (χ3n) is 8.26. The maximum absolute atomic E-state index is 13.4. The second-order valence-electron chi connectivity index (χ2n) is 10.6. The number of likely N-dealkylation sites (tertiary alicyclic amines) is 1. The predicted octanol–water partition coefficient (Wildman–Crippen LogP) is 5.38. The van der Waals surface area contributed by atoms with Gasteiger partial charge in [-0.15, -0.1) is 0 Å². The molecule has 0 bridgehead atoms. The van der Waals surface area contributed by atoms with E-state index in [0.717, 1.165) is 35.2 Å². The number of amides is 2. The Kier molecular flexibility index (Phi) is 8.26. The Morgan fingerprint density at radius 1 is 1.21 bits per heavy atom. The minimum atomic E-state index is -1.00. The summed E-state index contributed by atoms with van der Waals surface area (Å²) in [6.07, 6.45) is 6.87. The van der Waals surface area contributed by atoms with E-state index in [-0.39, 0.29) is 35.5 Å². The molecule has 1 aromatic heterocycles. The minimum absolute atomic E-state index is 0.0690. The zero-order valence-electron chi connectivity index (χ0n) is 22.3. The molecule has 39 heavy (non-hydrogen) atoms. The number of fused-ring (bicyclic) bond motifs is 3. The minimum Gasteiger partial charge on any atom is -0.508 e. The number of carbonyl (C=O) groups is 2. The van der Waals surface area contributed by atoms with Crippen molar-refractivity contribution < 1.29 is 24.4 Å². The monoisotopic (exact) mass is 548 g/mol. The standard InChI is InChI=1S/C30H34BClN2O5/c1-3-13-34-29(36)22-15-18(4-2)27-23(28(22)30(34)37)17-31(38)39-26(27)11-9-20(25-7-5-6-12-33-25)14-19-8-10-21(35)16-24(19)32/h5-8,10,12,14,16,22-23,26,28,35,38H,3-4,9,11,13,15,17H2,1-2H3/b20-14-/t22-,23+,26-,28-/m1/s1. The van der Waals surface area contributed by atoms with Gasteiger partial charge in [0.1, 0.15) is 5.75 Å². The first-order valence-electron chi connectivity index (χ1n) is 13.8. The van der Waals surface area contributed by atoms with Gasteiger partial charge in [-0.05, 0) is 97.5 Å². The molecule has 2 fully saturated rings. The fraction of sp³-hybridized carbons (Fsp3) is 0.433. The molecule has 1 aromatic carbocycles. The van der Waals surface area contributed by atoms with Crippen molar-refractivity contribution in [2.75, 3.05) is 6.54 Å². The number of phenolic OH excluding ortho intramolecular Hbond substituents is 1. The van der Waals surface area contributed by atoms with Crippen molar-refractivity contribution in [1.82, 2.24) is 9.88 Å². The summed E-state index contributed by atoms with van der Waals surface area (Å²) in [4.78, 5) is 32.6. The zero-order chi connectivity index (χ0) is 27.7. The van der Waals surface area contributed by atoms with Crippen LogP contribution in [0.5, 0.6) is 5.75 Å². The smallest absolute Gasteiger partial charge is 0.455 e. The Balaban J connectivity index is 1.46. The highest BCUT2D eigenvalue weighted by Gasteiger charge is 2.56. The van der Waals surface area contributed by atoms with Gasteiger partial charge < -0.3 is 14.8 Å². The maximum Gasteiger partial charge on any atom is 0.455 e. The number of phenols is 1. The van der Waals surface area contributed by atoms with E-state index in [1.54, 1.807) is 18.3 Å². The molecule has 2 saturated heterocycles. The van der Waals surface area contributed by atoms with Crippen molar-refractivity contribution in [2.45, 2.75) is 58.4 Å².